The van der Waals surface area contributed by atoms with Crippen molar-refractivity contribution in [3.8, 4) is 0 Å². The Labute approximate surface area is 197 Å². The quantitative estimate of drug-likeness (QED) is 0.237. The van der Waals surface area contributed by atoms with Gasteiger partial charge in [0.25, 0.3) is 0 Å². The molecule has 3 saturated carbocycles. The zero-order valence-electron chi connectivity index (χ0n) is 20.9. The van der Waals surface area contributed by atoms with Crippen molar-refractivity contribution in [2.75, 3.05) is 0 Å². The van der Waals surface area contributed by atoms with Crippen LogP contribution in [0.15, 0.2) is 12.2 Å². The van der Waals surface area contributed by atoms with Crippen molar-refractivity contribution >= 4 is 5.78 Å². The highest BCUT2D eigenvalue weighted by molar-refractivity contribution is 5.94. The Balaban J connectivity index is 1.72. The number of carbonyl (C=O) groups excluding carboxylic acids is 1. The molecule has 0 spiro atoms. The Morgan fingerprint density at radius 2 is 1.66 bits per heavy atom. The van der Waals surface area contributed by atoms with E-state index in [1.807, 2.05) is 6.08 Å². The van der Waals surface area contributed by atoms with Gasteiger partial charge in [-0.05, 0) is 50.4 Å². The van der Waals surface area contributed by atoms with E-state index in [1.54, 1.807) is 0 Å². The molecule has 0 saturated heterocycles. The molecule has 3 aliphatic rings. The van der Waals surface area contributed by atoms with Gasteiger partial charge >= 0.3 is 0 Å². The van der Waals surface area contributed by atoms with Crippen molar-refractivity contribution < 1.29 is 15.0 Å². The first-order valence-corrected chi connectivity index (χ1v) is 14.1. The molecule has 1 unspecified atom stereocenters. The molecular formula is C29H50O3. The summed E-state index contributed by atoms with van der Waals surface area (Å²) in [6.45, 7) is 4.46. The van der Waals surface area contributed by atoms with Crippen LogP contribution in [0.2, 0.25) is 0 Å². The van der Waals surface area contributed by atoms with Crippen molar-refractivity contribution in [2.24, 2.45) is 29.1 Å². The normalized spacial score (nSPS) is 34.4. The summed E-state index contributed by atoms with van der Waals surface area (Å²) in [5.41, 5.74) is -0.201. The fourth-order valence-corrected chi connectivity index (χ4v) is 7.26. The molecule has 3 rings (SSSR count). The van der Waals surface area contributed by atoms with E-state index in [-0.39, 0.29) is 29.3 Å². The lowest BCUT2D eigenvalue weighted by Crippen LogP contribution is -2.64. The van der Waals surface area contributed by atoms with E-state index in [1.165, 1.54) is 57.8 Å². The highest BCUT2D eigenvalue weighted by Gasteiger charge is 2.64. The third-order valence-electron chi connectivity index (χ3n) is 9.15. The predicted octanol–water partition coefficient (Wildman–Crippen LogP) is 7.00. The van der Waals surface area contributed by atoms with Gasteiger partial charge in [-0.1, -0.05) is 96.6 Å². The molecule has 0 aromatic heterocycles. The molecule has 0 amide bonds. The fourth-order valence-electron chi connectivity index (χ4n) is 7.26. The van der Waals surface area contributed by atoms with Gasteiger partial charge in [0.05, 0.1) is 12.2 Å². The van der Waals surface area contributed by atoms with Crippen molar-refractivity contribution in [1.82, 2.24) is 0 Å². The van der Waals surface area contributed by atoms with Gasteiger partial charge < -0.3 is 10.2 Å². The van der Waals surface area contributed by atoms with Gasteiger partial charge in [-0.2, -0.15) is 0 Å². The van der Waals surface area contributed by atoms with E-state index in [0.29, 0.717) is 11.7 Å². The number of aliphatic hydroxyl groups excluding tert-OH is 2. The van der Waals surface area contributed by atoms with Crippen molar-refractivity contribution in [1.29, 1.82) is 0 Å². The standard InChI is InChI=1S/C29H50O3/c1-3-5-7-12-16-24-27-23(17-18-25(30)22-14-10-9-11-15-22)26(31)19-21-29(27,28(24)32)20-13-8-6-4-2/h17-18,22-27,30-31H,3-16,19-21H2,1-2H3/t23-,24?,25-,26+,27-,29-/m1/s1. The number of aliphatic hydroxyl groups is 2. The second-order valence-corrected chi connectivity index (χ2v) is 11.3. The van der Waals surface area contributed by atoms with Gasteiger partial charge in [-0.3, -0.25) is 4.79 Å². The maximum Gasteiger partial charge on any atom is 0.142 e. The van der Waals surface area contributed by atoms with Crippen LogP contribution in [0.3, 0.4) is 0 Å². The van der Waals surface area contributed by atoms with Crippen LogP contribution in [-0.4, -0.2) is 28.2 Å². The van der Waals surface area contributed by atoms with Crippen LogP contribution in [0.4, 0.5) is 0 Å². The Morgan fingerprint density at radius 1 is 0.969 bits per heavy atom. The molecule has 0 aliphatic heterocycles. The summed E-state index contributed by atoms with van der Waals surface area (Å²) in [5.74, 6) is 1.30. The van der Waals surface area contributed by atoms with Crippen LogP contribution in [0.25, 0.3) is 0 Å². The number of rotatable bonds is 13. The molecule has 3 aliphatic carbocycles. The molecular weight excluding hydrogens is 396 g/mol. The summed E-state index contributed by atoms with van der Waals surface area (Å²) in [6.07, 6.45) is 22.5. The lowest BCUT2D eigenvalue weighted by molar-refractivity contribution is -0.178. The Kier molecular flexibility index (Phi) is 10.3. The first-order chi connectivity index (χ1) is 15.5. The molecule has 3 heteroatoms. The average molecular weight is 447 g/mol. The largest absolute Gasteiger partial charge is 0.393 e. The summed E-state index contributed by atoms with van der Waals surface area (Å²) in [4.78, 5) is 13.5. The topological polar surface area (TPSA) is 57.5 Å². The van der Waals surface area contributed by atoms with Crippen molar-refractivity contribution in [3.63, 3.8) is 0 Å². The third kappa shape index (κ3) is 5.87. The number of fused-ring (bicyclic) bond motifs is 1. The van der Waals surface area contributed by atoms with Crippen LogP contribution in [0.1, 0.15) is 123 Å². The minimum atomic E-state index is -0.401. The fraction of sp³-hybridized carbons (Fsp3) is 0.897. The van der Waals surface area contributed by atoms with Crippen LogP contribution in [0.5, 0.6) is 0 Å². The lowest BCUT2D eigenvalue weighted by atomic mass is 9.42. The average Bonchev–Trinajstić information content (AvgIpc) is 2.82. The summed E-state index contributed by atoms with van der Waals surface area (Å²) >= 11 is 0. The second-order valence-electron chi connectivity index (χ2n) is 11.3. The molecule has 184 valence electrons. The molecule has 6 atom stereocenters. The van der Waals surface area contributed by atoms with E-state index in [2.05, 4.69) is 19.9 Å². The van der Waals surface area contributed by atoms with E-state index in [9.17, 15) is 15.0 Å². The van der Waals surface area contributed by atoms with Crippen LogP contribution < -0.4 is 0 Å². The van der Waals surface area contributed by atoms with Gasteiger partial charge in [0, 0.05) is 17.3 Å². The van der Waals surface area contributed by atoms with Crippen molar-refractivity contribution in [2.45, 2.75) is 135 Å². The minimum Gasteiger partial charge on any atom is -0.393 e. The Hall–Kier alpha value is -0.670. The number of Topliss-reactive ketones (excluding diaryl/α,β-unsaturated/α-hetero) is 1. The zero-order valence-corrected chi connectivity index (χ0v) is 20.9. The van der Waals surface area contributed by atoms with Gasteiger partial charge in [-0.15, -0.1) is 0 Å². The number of hydrogen-bond donors (Lipinski definition) is 2. The smallest absolute Gasteiger partial charge is 0.142 e. The zero-order chi connectivity index (χ0) is 23.0. The maximum atomic E-state index is 13.5. The van der Waals surface area contributed by atoms with E-state index in [0.717, 1.165) is 51.4 Å². The highest BCUT2D eigenvalue weighted by atomic mass is 16.3. The summed E-state index contributed by atoms with van der Waals surface area (Å²) < 4.78 is 0. The SMILES string of the molecule is CCCCCCC1C(=O)[C@]2(CCCCCC)CC[C@H](O)[C@@H](C=C[C@@H](O)C3CCCCC3)[C@H]12. The molecule has 3 nitrogen and oxygen atoms in total. The lowest BCUT2D eigenvalue weighted by Gasteiger charge is -2.60. The summed E-state index contributed by atoms with van der Waals surface area (Å²) in [7, 11) is 0. The number of unbranched alkanes of at least 4 members (excludes halogenated alkanes) is 6. The number of ketones is 1. The molecule has 0 heterocycles. The van der Waals surface area contributed by atoms with Crippen molar-refractivity contribution in [3.05, 3.63) is 12.2 Å². The molecule has 32 heavy (non-hydrogen) atoms. The summed E-state index contributed by atoms with van der Waals surface area (Å²) in [6, 6.07) is 0. The van der Waals surface area contributed by atoms with Gasteiger partial charge in [0.1, 0.15) is 5.78 Å². The van der Waals surface area contributed by atoms with E-state index in [4.69, 9.17) is 0 Å². The molecule has 0 aromatic carbocycles. The van der Waals surface area contributed by atoms with E-state index < -0.39 is 6.10 Å². The molecule has 3 fully saturated rings. The predicted molar refractivity (Wildman–Crippen MR) is 132 cm³/mol. The minimum absolute atomic E-state index is 0.0297. The van der Waals surface area contributed by atoms with E-state index >= 15 is 0 Å². The molecule has 0 bridgehead atoms. The molecule has 0 aromatic rings. The summed E-state index contributed by atoms with van der Waals surface area (Å²) in [5, 5.41) is 21.8. The Bertz CT molecular complexity index is 593. The first-order valence-electron chi connectivity index (χ1n) is 14.1. The van der Waals surface area contributed by atoms with Crippen LogP contribution in [-0.2, 0) is 4.79 Å². The number of hydrogen-bond acceptors (Lipinski definition) is 3. The molecule has 2 N–H and O–H groups in total. The van der Waals surface area contributed by atoms with Crippen LogP contribution >= 0.6 is 0 Å². The Morgan fingerprint density at radius 3 is 2.34 bits per heavy atom. The van der Waals surface area contributed by atoms with Gasteiger partial charge in [0.2, 0.25) is 0 Å². The third-order valence-corrected chi connectivity index (χ3v) is 9.15. The monoisotopic (exact) mass is 446 g/mol. The maximum absolute atomic E-state index is 13.5. The van der Waals surface area contributed by atoms with Gasteiger partial charge in [0.15, 0.2) is 0 Å². The highest BCUT2D eigenvalue weighted by Crippen LogP contribution is 2.62. The second kappa shape index (κ2) is 12.7. The number of carbonyl (C=O) groups is 1. The van der Waals surface area contributed by atoms with Gasteiger partial charge in [-0.25, -0.2) is 0 Å². The van der Waals surface area contributed by atoms with Crippen LogP contribution in [0, 0.1) is 29.1 Å². The molecule has 0 radical (unpaired) electrons. The first kappa shape index (κ1) is 25.9.